The molecule has 0 atom stereocenters. The van der Waals surface area contributed by atoms with Crippen LogP contribution in [0.25, 0.3) is 0 Å². The number of thiol groups is 1. The smallest absolute Gasteiger partial charge is 0.225 e. The molecule has 0 aliphatic heterocycles. The molecule has 1 amide bonds. The standard InChI is InChI=1S/C9H15N3O2S/c1-14-4-3-12-7-8(6-10-12)11-9(13)2-5-15/h6-7,15H,2-5H2,1H3,(H,11,13). The highest BCUT2D eigenvalue weighted by Gasteiger charge is 2.02. The SMILES string of the molecule is COCCn1cc(NC(=O)CCS)cn1. The van der Waals surface area contributed by atoms with Crippen molar-refractivity contribution in [3.8, 4) is 0 Å². The molecule has 6 heteroatoms. The van der Waals surface area contributed by atoms with Crippen LogP contribution in [0.15, 0.2) is 12.4 Å². The summed E-state index contributed by atoms with van der Waals surface area (Å²) in [4.78, 5) is 11.2. The summed E-state index contributed by atoms with van der Waals surface area (Å²) in [6.45, 7) is 1.28. The third-order valence-electron chi connectivity index (χ3n) is 1.78. The average molecular weight is 229 g/mol. The summed E-state index contributed by atoms with van der Waals surface area (Å²) < 4.78 is 6.64. The predicted octanol–water partition coefficient (Wildman–Crippen LogP) is 0.788. The van der Waals surface area contributed by atoms with Crippen molar-refractivity contribution < 1.29 is 9.53 Å². The Balaban J connectivity index is 2.42. The molecular weight excluding hydrogens is 214 g/mol. The van der Waals surface area contributed by atoms with Crippen molar-refractivity contribution in [2.24, 2.45) is 0 Å². The Morgan fingerprint density at radius 3 is 3.20 bits per heavy atom. The third-order valence-corrected chi connectivity index (χ3v) is 2.00. The van der Waals surface area contributed by atoms with Gasteiger partial charge in [0.05, 0.1) is 25.0 Å². The van der Waals surface area contributed by atoms with Crippen LogP contribution in [0.2, 0.25) is 0 Å². The van der Waals surface area contributed by atoms with Crippen molar-refractivity contribution in [1.82, 2.24) is 9.78 Å². The fourth-order valence-electron chi connectivity index (χ4n) is 1.06. The van der Waals surface area contributed by atoms with Crippen LogP contribution in [0.5, 0.6) is 0 Å². The van der Waals surface area contributed by atoms with Gasteiger partial charge in [0.25, 0.3) is 0 Å². The number of methoxy groups -OCH3 is 1. The van der Waals surface area contributed by atoms with Gasteiger partial charge < -0.3 is 10.1 Å². The van der Waals surface area contributed by atoms with Gasteiger partial charge in [0.1, 0.15) is 0 Å². The van der Waals surface area contributed by atoms with Crippen LogP contribution < -0.4 is 5.32 Å². The number of amides is 1. The lowest BCUT2D eigenvalue weighted by Crippen LogP contribution is -2.11. The minimum Gasteiger partial charge on any atom is -0.383 e. The zero-order valence-electron chi connectivity index (χ0n) is 8.64. The summed E-state index contributed by atoms with van der Waals surface area (Å²) in [7, 11) is 1.64. The minimum absolute atomic E-state index is 0.0451. The van der Waals surface area contributed by atoms with E-state index in [1.165, 1.54) is 0 Å². The van der Waals surface area contributed by atoms with Gasteiger partial charge in [-0.2, -0.15) is 17.7 Å². The molecule has 0 aromatic carbocycles. The molecule has 5 nitrogen and oxygen atoms in total. The number of ether oxygens (including phenoxy) is 1. The molecule has 1 rings (SSSR count). The van der Waals surface area contributed by atoms with Crippen molar-refractivity contribution in [3.63, 3.8) is 0 Å². The monoisotopic (exact) mass is 229 g/mol. The lowest BCUT2D eigenvalue weighted by atomic mass is 10.4. The number of aromatic nitrogens is 2. The Morgan fingerprint density at radius 2 is 2.53 bits per heavy atom. The van der Waals surface area contributed by atoms with Gasteiger partial charge in [-0.15, -0.1) is 0 Å². The van der Waals surface area contributed by atoms with E-state index in [0.717, 1.165) is 0 Å². The number of carbonyl (C=O) groups is 1. The normalized spacial score (nSPS) is 10.3. The summed E-state index contributed by atoms with van der Waals surface area (Å²) in [6.07, 6.45) is 3.80. The zero-order chi connectivity index (χ0) is 11.1. The van der Waals surface area contributed by atoms with Crippen molar-refractivity contribution in [3.05, 3.63) is 12.4 Å². The molecule has 0 saturated carbocycles. The van der Waals surface area contributed by atoms with Crippen LogP contribution in [0.4, 0.5) is 5.69 Å². The second kappa shape index (κ2) is 6.47. The first-order valence-corrected chi connectivity index (χ1v) is 5.31. The number of anilines is 1. The van der Waals surface area contributed by atoms with E-state index < -0.39 is 0 Å². The molecule has 0 aliphatic rings. The highest BCUT2D eigenvalue weighted by molar-refractivity contribution is 7.80. The molecule has 0 bridgehead atoms. The van der Waals surface area contributed by atoms with Crippen molar-refractivity contribution in [2.45, 2.75) is 13.0 Å². The van der Waals surface area contributed by atoms with Gasteiger partial charge in [0.2, 0.25) is 5.91 Å². The number of hydrogen-bond donors (Lipinski definition) is 2. The van der Waals surface area contributed by atoms with E-state index in [0.29, 0.717) is 31.0 Å². The van der Waals surface area contributed by atoms with Gasteiger partial charge in [-0.25, -0.2) is 0 Å². The number of nitrogens with one attached hydrogen (secondary N) is 1. The molecule has 84 valence electrons. The maximum Gasteiger partial charge on any atom is 0.225 e. The van der Waals surface area contributed by atoms with E-state index in [4.69, 9.17) is 4.74 Å². The molecule has 0 spiro atoms. The first kappa shape index (κ1) is 12.1. The lowest BCUT2D eigenvalue weighted by molar-refractivity contribution is -0.115. The first-order chi connectivity index (χ1) is 7.26. The highest BCUT2D eigenvalue weighted by atomic mass is 32.1. The maximum atomic E-state index is 11.2. The first-order valence-electron chi connectivity index (χ1n) is 4.68. The summed E-state index contributed by atoms with van der Waals surface area (Å²) in [6, 6.07) is 0. The Hall–Kier alpha value is -1.01. The number of carbonyl (C=O) groups excluding carboxylic acids is 1. The Kier molecular flexibility index (Phi) is 5.20. The van der Waals surface area contributed by atoms with E-state index in [-0.39, 0.29) is 5.91 Å². The molecular formula is C9H15N3O2S. The molecule has 0 unspecified atom stereocenters. The van der Waals surface area contributed by atoms with Gasteiger partial charge in [-0.3, -0.25) is 9.48 Å². The van der Waals surface area contributed by atoms with E-state index >= 15 is 0 Å². The van der Waals surface area contributed by atoms with E-state index in [9.17, 15) is 4.79 Å². The van der Waals surface area contributed by atoms with Crippen LogP contribution in [-0.4, -0.2) is 35.2 Å². The zero-order valence-corrected chi connectivity index (χ0v) is 9.54. The molecule has 1 N–H and O–H groups in total. The molecule has 1 aromatic heterocycles. The van der Waals surface area contributed by atoms with E-state index in [2.05, 4.69) is 23.0 Å². The minimum atomic E-state index is -0.0451. The lowest BCUT2D eigenvalue weighted by Gasteiger charge is -2.00. The van der Waals surface area contributed by atoms with E-state index in [1.807, 2.05) is 0 Å². The fourth-order valence-corrected chi connectivity index (χ4v) is 1.26. The molecule has 1 heterocycles. The quantitative estimate of drug-likeness (QED) is 0.709. The Labute approximate surface area is 94.2 Å². The van der Waals surface area contributed by atoms with Gasteiger partial charge in [-0.1, -0.05) is 0 Å². The molecule has 0 saturated heterocycles. The topological polar surface area (TPSA) is 56.1 Å². The van der Waals surface area contributed by atoms with Gasteiger partial charge >= 0.3 is 0 Å². The van der Waals surface area contributed by atoms with Gasteiger partial charge in [-0.05, 0) is 5.75 Å². The molecule has 0 radical (unpaired) electrons. The van der Waals surface area contributed by atoms with Crippen molar-refractivity contribution in [2.75, 3.05) is 24.8 Å². The van der Waals surface area contributed by atoms with Gasteiger partial charge in [0.15, 0.2) is 0 Å². The third kappa shape index (κ3) is 4.35. The largest absolute Gasteiger partial charge is 0.383 e. The van der Waals surface area contributed by atoms with Crippen LogP contribution in [-0.2, 0) is 16.1 Å². The number of nitrogens with zero attached hydrogens (tertiary/aromatic N) is 2. The summed E-state index contributed by atoms with van der Waals surface area (Å²) in [5.41, 5.74) is 0.706. The second-order valence-electron chi connectivity index (χ2n) is 3.01. The van der Waals surface area contributed by atoms with Crippen LogP contribution in [0, 0.1) is 0 Å². The Bertz CT molecular complexity index is 314. The second-order valence-corrected chi connectivity index (χ2v) is 3.45. The molecule has 15 heavy (non-hydrogen) atoms. The highest BCUT2D eigenvalue weighted by Crippen LogP contribution is 2.05. The average Bonchev–Trinajstić information content (AvgIpc) is 2.63. The van der Waals surface area contributed by atoms with Crippen molar-refractivity contribution in [1.29, 1.82) is 0 Å². The van der Waals surface area contributed by atoms with Crippen LogP contribution in [0.1, 0.15) is 6.42 Å². The van der Waals surface area contributed by atoms with Crippen LogP contribution in [0.3, 0.4) is 0 Å². The number of hydrogen-bond acceptors (Lipinski definition) is 4. The molecule has 1 aromatic rings. The fraction of sp³-hybridized carbons (Fsp3) is 0.556. The number of rotatable bonds is 6. The summed E-state index contributed by atoms with van der Waals surface area (Å²) in [5.74, 6) is 0.500. The van der Waals surface area contributed by atoms with Gasteiger partial charge in [0, 0.05) is 19.7 Å². The summed E-state index contributed by atoms with van der Waals surface area (Å²) >= 11 is 3.98. The summed E-state index contributed by atoms with van der Waals surface area (Å²) in [5, 5.41) is 6.80. The predicted molar refractivity (Wildman–Crippen MR) is 61.2 cm³/mol. The Morgan fingerprint density at radius 1 is 1.73 bits per heavy atom. The molecule has 0 aliphatic carbocycles. The van der Waals surface area contributed by atoms with Crippen LogP contribution >= 0.6 is 12.6 Å². The molecule has 0 fully saturated rings. The maximum absolute atomic E-state index is 11.2. The van der Waals surface area contributed by atoms with E-state index in [1.54, 1.807) is 24.2 Å². The van der Waals surface area contributed by atoms with Crippen molar-refractivity contribution >= 4 is 24.2 Å².